The Morgan fingerprint density at radius 2 is 2.25 bits per heavy atom. The number of aromatic nitrogens is 1. The minimum Gasteiger partial charge on any atom is -0.469 e. The summed E-state index contributed by atoms with van der Waals surface area (Å²) in [4.78, 5) is 14.9. The standard InChI is InChI=1S/C10H12F2N2O2/c1-5-6(10(11)12)3-8(13)14-7(5)4-9(15)16-2/h3,10H,4H2,1-2H3,(H2,13,14). The van der Waals surface area contributed by atoms with E-state index in [2.05, 4.69) is 9.72 Å². The molecule has 1 aromatic rings. The molecule has 1 rings (SSSR count). The number of methoxy groups -OCH3 is 1. The molecule has 1 heterocycles. The number of carbonyl (C=O) groups excluding carboxylic acids is 1. The van der Waals surface area contributed by atoms with Crippen molar-refractivity contribution in [3.63, 3.8) is 0 Å². The molecule has 0 aliphatic carbocycles. The Labute approximate surface area is 91.4 Å². The summed E-state index contributed by atoms with van der Waals surface area (Å²) in [5, 5.41) is 0. The van der Waals surface area contributed by atoms with E-state index in [0.29, 0.717) is 0 Å². The topological polar surface area (TPSA) is 65.2 Å². The van der Waals surface area contributed by atoms with Gasteiger partial charge in [-0.1, -0.05) is 0 Å². The van der Waals surface area contributed by atoms with Crippen LogP contribution in [-0.2, 0) is 16.0 Å². The van der Waals surface area contributed by atoms with Gasteiger partial charge in [0.2, 0.25) is 0 Å². The Morgan fingerprint density at radius 3 is 2.75 bits per heavy atom. The van der Waals surface area contributed by atoms with Gasteiger partial charge < -0.3 is 10.5 Å². The molecule has 16 heavy (non-hydrogen) atoms. The summed E-state index contributed by atoms with van der Waals surface area (Å²) in [6.07, 6.45) is -2.80. The van der Waals surface area contributed by atoms with Crippen molar-refractivity contribution in [2.75, 3.05) is 12.8 Å². The highest BCUT2D eigenvalue weighted by Gasteiger charge is 2.17. The third kappa shape index (κ3) is 2.65. The quantitative estimate of drug-likeness (QED) is 0.801. The summed E-state index contributed by atoms with van der Waals surface area (Å²) in [6.45, 7) is 1.48. The van der Waals surface area contributed by atoms with Gasteiger partial charge in [-0.25, -0.2) is 13.8 Å². The summed E-state index contributed by atoms with van der Waals surface area (Å²) in [5.74, 6) is -0.568. The largest absolute Gasteiger partial charge is 0.469 e. The fourth-order valence-electron chi connectivity index (χ4n) is 1.31. The van der Waals surface area contributed by atoms with E-state index in [0.717, 1.165) is 6.07 Å². The lowest BCUT2D eigenvalue weighted by molar-refractivity contribution is -0.139. The molecule has 0 unspecified atom stereocenters. The lowest BCUT2D eigenvalue weighted by Crippen LogP contribution is -2.10. The van der Waals surface area contributed by atoms with Gasteiger partial charge >= 0.3 is 5.97 Å². The van der Waals surface area contributed by atoms with Crippen LogP contribution in [0.5, 0.6) is 0 Å². The van der Waals surface area contributed by atoms with Gasteiger partial charge in [0, 0.05) is 5.56 Å². The SMILES string of the molecule is COC(=O)Cc1nc(N)cc(C(F)F)c1C. The first-order valence-electron chi connectivity index (χ1n) is 4.56. The number of rotatable bonds is 3. The molecule has 88 valence electrons. The second kappa shape index (κ2) is 4.87. The van der Waals surface area contributed by atoms with E-state index in [1.165, 1.54) is 14.0 Å². The van der Waals surface area contributed by atoms with Crippen LogP contribution in [0.1, 0.15) is 23.2 Å². The van der Waals surface area contributed by atoms with Gasteiger partial charge in [-0.2, -0.15) is 0 Å². The summed E-state index contributed by atoms with van der Waals surface area (Å²) < 4.78 is 29.7. The zero-order valence-corrected chi connectivity index (χ0v) is 8.96. The van der Waals surface area contributed by atoms with Crippen LogP contribution in [0, 0.1) is 6.92 Å². The maximum Gasteiger partial charge on any atom is 0.311 e. The first kappa shape index (κ1) is 12.4. The zero-order chi connectivity index (χ0) is 12.3. The van der Waals surface area contributed by atoms with Crippen molar-refractivity contribution >= 4 is 11.8 Å². The lowest BCUT2D eigenvalue weighted by atomic mass is 10.1. The molecular formula is C10H12F2N2O2. The van der Waals surface area contributed by atoms with Crippen molar-refractivity contribution in [2.24, 2.45) is 0 Å². The van der Waals surface area contributed by atoms with Crippen LogP contribution in [0.2, 0.25) is 0 Å². The van der Waals surface area contributed by atoms with Crippen molar-refractivity contribution in [2.45, 2.75) is 19.8 Å². The van der Waals surface area contributed by atoms with Gasteiger partial charge in [-0.05, 0) is 18.6 Å². The van der Waals surface area contributed by atoms with Crippen LogP contribution >= 0.6 is 0 Å². The number of hydrogen-bond acceptors (Lipinski definition) is 4. The average molecular weight is 230 g/mol. The third-order valence-electron chi connectivity index (χ3n) is 2.21. The van der Waals surface area contributed by atoms with Crippen molar-refractivity contribution < 1.29 is 18.3 Å². The Kier molecular flexibility index (Phi) is 3.76. The second-order valence-corrected chi connectivity index (χ2v) is 3.26. The number of nitrogen functional groups attached to an aromatic ring is 1. The van der Waals surface area contributed by atoms with E-state index in [4.69, 9.17) is 5.73 Å². The normalized spacial score (nSPS) is 10.6. The van der Waals surface area contributed by atoms with Gasteiger partial charge in [-0.3, -0.25) is 4.79 Å². The Bertz CT molecular complexity index is 408. The van der Waals surface area contributed by atoms with Crippen molar-refractivity contribution in [1.82, 2.24) is 4.98 Å². The smallest absolute Gasteiger partial charge is 0.311 e. The minimum absolute atomic E-state index is 0.0280. The first-order valence-corrected chi connectivity index (χ1v) is 4.56. The molecule has 2 N–H and O–H groups in total. The van der Waals surface area contributed by atoms with Crippen LogP contribution in [-0.4, -0.2) is 18.1 Å². The summed E-state index contributed by atoms with van der Waals surface area (Å²) in [5.41, 5.74) is 5.68. The predicted octanol–water partition coefficient (Wildman–Crippen LogP) is 1.63. The van der Waals surface area contributed by atoms with Crippen LogP contribution in [0.25, 0.3) is 0 Å². The molecule has 0 aromatic carbocycles. The number of nitrogens with two attached hydrogens (primary N) is 1. The summed E-state index contributed by atoms with van der Waals surface area (Å²) in [6, 6.07) is 1.11. The number of carbonyl (C=O) groups is 1. The van der Waals surface area contributed by atoms with Crippen LogP contribution in [0.4, 0.5) is 14.6 Å². The molecule has 1 aromatic heterocycles. The molecule has 4 nitrogen and oxygen atoms in total. The number of nitrogens with zero attached hydrogens (tertiary/aromatic N) is 1. The minimum atomic E-state index is -2.64. The zero-order valence-electron chi connectivity index (χ0n) is 8.96. The number of pyridine rings is 1. The summed E-state index contributed by atoms with van der Waals surface area (Å²) in [7, 11) is 1.22. The molecule has 0 atom stereocenters. The van der Waals surface area contributed by atoms with E-state index in [1.54, 1.807) is 0 Å². The van der Waals surface area contributed by atoms with Gasteiger partial charge in [-0.15, -0.1) is 0 Å². The van der Waals surface area contributed by atoms with Crippen molar-refractivity contribution in [3.8, 4) is 0 Å². The molecule has 0 bridgehead atoms. The molecule has 0 spiro atoms. The molecule has 6 heteroatoms. The monoisotopic (exact) mass is 230 g/mol. The highest BCUT2D eigenvalue weighted by molar-refractivity contribution is 5.72. The maximum absolute atomic E-state index is 12.6. The van der Waals surface area contributed by atoms with Crippen LogP contribution < -0.4 is 5.73 Å². The number of anilines is 1. The van der Waals surface area contributed by atoms with Crippen LogP contribution in [0.15, 0.2) is 6.07 Å². The third-order valence-corrected chi connectivity index (χ3v) is 2.21. The van der Waals surface area contributed by atoms with Gasteiger partial charge in [0.1, 0.15) is 5.82 Å². The fraction of sp³-hybridized carbons (Fsp3) is 0.400. The lowest BCUT2D eigenvalue weighted by Gasteiger charge is -2.10. The number of hydrogen-bond donors (Lipinski definition) is 1. The number of esters is 1. The molecular weight excluding hydrogens is 218 g/mol. The number of halogens is 2. The highest BCUT2D eigenvalue weighted by atomic mass is 19.3. The van der Waals surface area contributed by atoms with Gasteiger partial charge in [0.15, 0.2) is 0 Å². The average Bonchev–Trinajstić information content (AvgIpc) is 2.22. The molecule has 0 saturated heterocycles. The van der Waals surface area contributed by atoms with E-state index < -0.39 is 12.4 Å². The van der Waals surface area contributed by atoms with E-state index in [9.17, 15) is 13.6 Å². The van der Waals surface area contributed by atoms with Crippen molar-refractivity contribution in [1.29, 1.82) is 0 Å². The van der Waals surface area contributed by atoms with Gasteiger partial charge in [0.05, 0.1) is 19.2 Å². The van der Waals surface area contributed by atoms with Gasteiger partial charge in [0.25, 0.3) is 6.43 Å². The Balaban J connectivity index is 3.14. The van der Waals surface area contributed by atoms with E-state index >= 15 is 0 Å². The van der Waals surface area contributed by atoms with E-state index in [-0.39, 0.29) is 29.1 Å². The maximum atomic E-state index is 12.6. The fourth-order valence-corrected chi connectivity index (χ4v) is 1.31. The number of alkyl halides is 2. The summed E-state index contributed by atoms with van der Waals surface area (Å²) >= 11 is 0. The Hall–Kier alpha value is -1.72. The number of ether oxygens (including phenoxy) is 1. The van der Waals surface area contributed by atoms with E-state index in [1.807, 2.05) is 0 Å². The van der Waals surface area contributed by atoms with Crippen LogP contribution in [0.3, 0.4) is 0 Å². The first-order chi connectivity index (χ1) is 7.45. The molecule has 0 saturated carbocycles. The highest BCUT2D eigenvalue weighted by Crippen LogP contribution is 2.26. The molecule has 0 aliphatic heterocycles. The molecule has 0 aliphatic rings. The second-order valence-electron chi connectivity index (χ2n) is 3.26. The Morgan fingerprint density at radius 1 is 1.62 bits per heavy atom. The van der Waals surface area contributed by atoms with Crippen molar-refractivity contribution in [3.05, 3.63) is 22.9 Å². The molecule has 0 fully saturated rings. The predicted molar refractivity (Wildman–Crippen MR) is 54.1 cm³/mol. The molecule has 0 radical (unpaired) electrons. The molecule has 0 amide bonds.